The molecule has 0 aromatic carbocycles. The zero-order chi connectivity index (χ0) is 10.3. The second-order valence-electron chi connectivity index (χ2n) is 4.13. The highest BCUT2D eigenvalue weighted by Gasteiger charge is 2.39. The summed E-state index contributed by atoms with van der Waals surface area (Å²) in [5.41, 5.74) is 1.08. The van der Waals surface area contributed by atoms with E-state index in [4.69, 9.17) is 0 Å². The molecular weight excluding hydrogens is 192 g/mol. The second-order valence-corrected chi connectivity index (χ2v) is 4.13. The summed E-state index contributed by atoms with van der Waals surface area (Å²) in [6, 6.07) is 0.541. The Balaban J connectivity index is 1.88. The zero-order valence-corrected chi connectivity index (χ0v) is 8.44. The lowest BCUT2D eigenvalue weighted by molar-refractivity contribution is -0.130. The Labute approximate surface area is 87.9 Å². The molecule has 1 aromatic heterocycles. The topological polar surface area (TPSA) is 61.0 Å². The fraction of sp³-hybridized carbons (Fsp3) is 0.600. The largest absolute Gasteiger partial charge is 0.347 e. The van der Waals surface area contributed by atoms with Crippen molar-refractivity contribution in [3.05, 3.63) is 18.2 Å². The molecule has 0 aliphatic carbocycles. The lowest BCUT2D eigenvalue weighted by atomic mass is 10.0. The van der Waals surface area contributed by atoms with Crippen LogP contribution in [0.15, 0.2) is 12.5 Å². The number of rotatable bonds is 1. The lowest BCUT2D eigenvalue weighted by Gasteiger charge is -2.37. The van der Waals surface area contributed by atoms with Crippen LogP contribution in [-0.2, 0) is 4.79 Å². The van der Waals surface area contributed by atoms with Gasteiger partial charge in [0.25, 0.3) is 0 Å². The molecular formula is C10H14N4O. The molecule has 0 spiro atoms. The Kier molecular flexibility index (Phi) is 1.98. The van der Waals surface area contributed by atoms with Gasteiger partial charge < -0.3 is 15.2 Å². The summed E-state index contributed by atoms with van der Waals surface area (Å²) in [6.45, 7) is 1.71. The van der Waals surface area contributed by atoms with Crippen LogP contribution in [0, 0.1) is 0 Å². The number of nitrogens with one attached hydrogen (secondary N) is 2. The monoisotopic (exact) mass is 206 g/mol. The van der Waals surface area contributed by atoms with E-state index in [-0.39, 0.29) is 6.04 Å². The number of hydrogen-bond donors (Lipinski definition) is 2. The van der Waals surface area contributed by atoms with Crippen molar-refractivity contribution in [1.29, 1.82) is 0 Å². The van der Waals surface area contributed by atoms with Crippen LogP contribution in [0.1, 0.15) is 24.6 Å². The maximum Gasteiger partial charge on any atom is 0.223 e. The minimum absolute atomic E-state index is 0.229. The molecule has 1 aromatic rings. The molecule has 3 rings (SSSR count). The summed E-state index contributed by atoms with van der Waals surface area (Å²) >= 11 is 0. The first-order valence-corrected chi connectivity index (χ1v) is 5.37. The maximum atomic E-state index is 11.6. The molecule has 2 fully saturated rings. The van der Waals surface area contributed by atoms with Crippen LogP contribution in [0.2, 0.25) is 0 Å². The first-order chi connectivity index (χ1) is 7.36. The molecule has 2 unspecified atom stereocenters. The molecule has 3 heterocycles. The van der Waals surface area contributed by atoms with Gasteiger partial charge in [-0.15, -0.1) is 0 Å². The van der Waals surface area contributed by atoms with Gasteiger partial charge in [-0.05, 0) is 6.42 Å². The van der Waals surface area contributed by atoms with Gasteiger partial charge in [0.1, 0.15) is 0 Å². The maximum absolute atomic E-state index is 11.6. The predicted molar refractivity (Wildman–Crippen MR) is 54.1 cm³/mol. The third kappa shape index (κ3) is 1.34. The van der Waals surface area contributed by atoms with Crippen molar-refractivity contribution < 1.29 is 4.79 Å². The van der Waals surface area contributed by atoms with Gasteiger partial charge >= 0.3 is 0 Å². The summed E-state index contributed by atoms with van der Waals surface area (Å²) in [5.74, 6) is 0.297. The van der Waals surface area contributed by atoms with Gasteiger partial charge in [0.05, 0.1) is 24.1 Å². The number of imidazole rings is 1. The molecule has 0 saturated carbocycles. The Morgan fingerprint density at radius 2 is 2.47 bits per heavy atom. The molecule has 2 aliphatic heterocycles. The summed E-state index contributed by atoms with van der Waals surface area (Å²) < 4.78 is 0. The van der Waals surface area contributed by atoms with Gasteiger partial charge in [0, 0.05) is 25.7 Å². The van der Waals surface area contributed by atoms with Crippen molar-refractivity contribution >= 4 is 5.91 Å². The number of aromatic nitrogens is 2. The van der Waals surface area contributed by atoms with Gasteiger partial charge in [0.2, 0.25) is 5.91 Å². The number of nitrogens with zero attached hydrogens (tertiary/aromatic N) is 2. The van der Waals surface area contributed by atoms with Crippen LogP contribution in [0.3, 0.4) is 0 Å². The Morgan fingerprint density at radius 3 is 3.27 bits per heavy atom. The molecule has 2 aliphatic rings. The molecule has 0 radical (unpaired) electrons. The molecule has 5 nitrogen and oxygen atoms in total. The lowest BCUT2D eigenvalue weighted by Crippen LogP contribution is -2.51. The number of carbonyl (C=O) groups excluding carboxylic acids is 1. The second kappa shape index (κ2) is 3.34. The number of hydrogen-bond acceptors (Lipinski definition) is 3. The molecule has 15 heavy (non-hydrogen) atoms. The Bertz CT molecular complexity index is 362. The number of H-pyrrole nitrogens is 1. The smallest absolute Gasteiger partial charge is 0.223 e. The van der Waals surface area contributed by atoms with Gasteiger partial charge in [-0.2, -0.15) is 0 Å². The van der Waals surface area contributed by atoms with Crippen molar-refractivity contribution in [3.63, 3.8) is 0 Å². The number of fused-ring (bicyclic) bond motifs is 1. The predicted octanol–water partition coefficient (Wildman–Crippen LogP) is 0.0450. The van der Waals surface area contributed by atoms with E-state index < -0.39 is 0 Å². The standard InChI is InChI=1S/C10H14N4O/c15-9-2-1-8-10(7-5-11-6-13-7)12-3-4-14(8)9/h5-6,8,10,12H,1-4H2,(H,11,13). The van der Waals surface area contributed by atoms with Crippen LogP contribution in [0.25, 0.3) is 0 Å². The van der Waals surface area contributed by atoms with Gasteiger partial charge in [-0.1, -0.05) is 0 Å². The van der Waals surface area contributed by atoms with E-state index in [1.54, 1.807) is 6.33 Å². The van der Waals surface area contributed by atoms with E-state index in [2.05, 4.69) is 15.3 Å². The average Bonchev–Trinajstić information content (AvgIpc) is 2.88. The molecule has 1 amide bonds. The summed E-state index contributed by atoms with van der Waals surface area (Å²) in [5, 5.41) is 3.45. The fourth-order valence-corrected chi connectivity index (χ4v) is 2.62. The summed E-state index contributed by atoms with van der Waals surface area (Å²) in [6.07, 6.45) is 5.17. The molecule has 0 bridgehead atoms. The van der Waals surface area contributed by atoms with Crippen LogP contribution in [0.4, 0.5) is 0 Å². The van der Waals surface area contributed by atoms with E-state index in [0.29, 0.717) is 18.4 Å². The van der Waals surface area contributed by atoms with Crippen molar-refractivity contribution in [2.75, 3.05) is 13.1 Å². The highest BCUT2D eigenvalue weighted by molar-refractivity contribution is 5.79. The summed E-state index contributed by atoms with van der Waals surface area (Å²) in [7, 11) is 0. The minimum atomic E-state index is 0.229. The third-order valence-corrected chi connectivity index (χ3v) is 3.33. The highest BCUT2D eigenvalue weighted by Crippen LogP contribution is 2.31. The molecule has 5 heteroatoms. The fourth-order valence-electron chi connectivity index (χ4n) is 2.62. The van der Waals surface area contributed by atoms with E-state index in [1.165, 1.54) is 0 Å². The van der Waals surface area contributed by atoms with Gasteiger partial charge in [-0.25, -0.2) is 4.98 Å². The van der Waals surface area contributed by atoms with Gasteiger partial charge in [0.15, 0.2) is 0 Å². The Hall–Kier alpha value is -1.36. The van der Waals surface area contributed by atoms with Crippen LogP contribution >= 0.6 is 0 Å². The zero-order valence-electron chi connectivity index (χ0n) is 8.44. The number of amides is 1. The van der Waals surface area contributed by atoms with Crippen molar-refractivity contribution in [1.82, 2.24) is 20.2 Å². The molecule has 2 saturated heterocycles. The number of aromatic amines is 1. The van der Waals surface area contributed by atoms with Crippen molar-refractivity contribution in [2.24, 2.45) is 0 Å². The third-order valence-electron chi connectivity index (χ3n) is 3.33. The van der Waals surface area contributed by atoms with E-state index >= 15 is 0 Å². The normalized spacial score (nSPS) is 30.7. The highest BCUT2D eigenvalue weighted by atomic mass is 16.2. The minimum Gasteiger partial charge on any atom is -0.347 e. The first kappa shape index (κ1) is 8.91. The number of piperazine rings is 1. The van der Waals surface area contributed by atoms with Crippen LogP contribution in [-0.4, -0.2) is 39.9 Å². The SMILES string of the molecule is O=C1CCC2C(c3cnc[nH]3)NCCN12. The van der Waals surface area contributed by atoms with Crippen LogP contribution < -0.4 is 5.32 Å². The first-order valence-electron chi connectivity index (χ1n) is 5.37. The van der Waals surface area contributed by atoms with Gasteiger partial charge in [-0.3, -0.25) is 4.79 Å². The van der Waals surface area contributed by atoms with Crippen molar-refractivity contribution in [2.45, 2.75) is 24.9 Å². The molecule has 80 valence electrons. The van der Waals surface area contributed by atoms with E-state index in [1.807, 2.05) is 11.1 Å². The quantitative estimate of drug-likeness (QED) is 0.682. The van der Waals surface area contributed by atoms with E-state index in [0.717, 1.165) is 25.2 Å². The molecule has 2 N–H and O–H groups in total. The number of carbonyl (C=O) groups is 1. The Morgan fingerprint density at radius 1 is 1.53 bits per heavy atom. The van der Waals surface area contributed by atoms with Crippen LogP contribution in [0.5, 0.6) is 0 Å². The van der Waals surface area contributed by atoms with Crippen molar-refractivity contribution in [3.8, 4) is 0 Å². The van der Waals surface area contributed by atoms with E-state index in [9.17, 15) is 4.79 Å². The average molecular weight is 206 g/mol. The molecule has 2 atom stereocenters. The summed E-state index contributed by atoms with van der Waals surface area (Å²) in [4.78, 5) is 20.8.